The summed E-state index contributed by atoms with van der Waals surface area (Å²) in [7, 11) is 0. The maximum Gasteiger partial charge on any atom is 0.213 e. The predicted octanol–water partition coefficient (Wildman–Crippen LogP) is 3.80. The topological polar surface area (TPSA) is 72.5 Å². The van der Waals surface area contributed by atoms with Gasteiger partial charge in [0.2, 0.25) is 5.16 Å². The fourth-order valence-electron chi connectivity index (χ4n) is 2.80. The summed E-state index contributed by atoms with van der Waals surface area (Å²) in [5.74, 6) is 1.76. The van der Waals surface area contributed by atoms with E-state index in [1.54, 1.807) is 28.6 Å². The maximum atomic E-state index is 9.52. The van der Waals surface area contributed by atoms with Crippen molar-refractivity contribution < 1.29 is 9.84 Å². The van der Waals surface area contributed by atoms with Gasteiger partial charge in [-0.1, -0.05) is 11.8 Å². The Balaban J connectivity index is 1.74. The molecule has 2 aromatic carbocycles. The molecule has 2 heterocycles. The van der Waals surface area contributed by atoms with E-state index in [9.17, 15) is 5.11 Å². The van der Waals surface area contributed by atoms with Crippen LogP contribution in [-0.4, -0.2) is 37.5 Å². The Labute approximate surface area is 155 Å². The van der Waals surface area contributed by atoms with Gasteiger partial charge in [-0.25, -0.2) is 0 Å². The molecule has 7 heteroatoms. The number of thioether (sulfide) groups is 1. The van der Waals surface area contributed by atoms with Gasteiger partial charge >= 0.3 is 0 Å². The third-order valence-electron chi connectivity index (χ3n) is 4.07. The standard InChI is InChI=1S/C19H18N4O2S/c1-3-25-16-10-6-14(7-11-16)18-20-21-19-23(18)22-17(12(2)26-19)13-4-8-15(24)9-5-13/h4-12,24H,3H2,1-2H3/t12-/m1/s1. The van der Waals surface area contributed by atoms with Gasteiger partial charge < -0.3 is 9.84 Å². The lowest BCUT2D eigenvalue weighted by Crippen LogP contribution is -2.21. The normalized spacial score (nSPS) is 16.1. The molecule has 1 aliphatic rings. The second-order valence-electron chi connectivity index (χ2n) is 5.87. The van der Waals surface area contributed by atoms with E-state index in [1.807, 2.05) is 43.3 Å². The molecule has 0 radical (unpaired) electrons. The molecule has 0 aliphatic carbocycles. The summed E-state index contributed by atoms with van der Waals surface area (Å²) in [6, 6.07) is 14.8. The van der Waals surface area contributed by atoms with Gasteiger partial charge in [-0.3, -0.25) is 0 Å². The minimum absolute atomic E-state index is 0.143. The zero-order chi connectivity index (χ0) is 18.1. The highest BCUT2D eigenvalue weighted by atomic mass is 32.2. The maximum absolute atomic E-state index is 9.52. The zero-order valence-electron chi connectivity index (χ0n) is 14.5. The molecule has 0 saturated carbocycles. The fraction of sp³-hybridized carbons (Fsp3) is 0.211. The first-order valence-corrected chi connectivity index (χ1v) is 9.27. The molecule has 0 bridgehead atoms. The number of fused-ring (bicyclic) bond motifs is 1. The number of phenols is 1. The van der Waals surface area contributed by atoms with E-state index in [1.165, 1.54) is 0 Å². The molecule has 0 unspecified atom stereocenters. The van der Waals surface area contributed by atoms with Crippen LogP contribution in [0.2, 0.25) is 0 Å². The summed E-state index contributed by atoms with van der Waals surface area (Å²) in [4.78, 5) is 0. The van der Waals surface area contributed by atoms with Crippen LogP contribution in [0.1, 0.15) is 19.4 Å². The monoisotopic (exact) mass is 366 g/mol. The van der Waals surface area contributed by atoms with E-state index in [2.05, 4.69) is 17.1 Å². The van der Waals surface area contributed by atoms with Gasteiger partial charge in [0.15, 0.2) is 5.82 Å². The Hall–Kier alpha value is -2.80. The molecule has 1 aliphatic heterocycles. The second kappa shape index (κ2) is 6.84. The van der Waals surface area contributed by atoms with Gasteiger partial charge in [-0.05, 0) is 67.9 Å². The number of hydrogen-bond donors (Lipinski definition) is 1. The summed E-state index contributed by atoms with van der Waals surface area (Å²) in [6.07, 6.45) is 0. The molecule has 0 spiro atoms. The van der Waals surface area contributed by atoms with Gasteiger partial charge in [0.1, 0.15) is 11.5 Å². The van der Waals surface area contributed by atoms with E-state index in [0.29, 0.717) is 12.4 Å². The van der Waals surface area contributed by atoms with E-state index < -0.39 is 0 Å². The molecule has 0 amide bonds. The molecule has 6 nitrogen and oxygen atoms in total. The molecule has 1 atom stereocenters. The Kier molecular flexibility index (Phi) is 4.38. The van der Waals surface area contributed by atoms with Crippen LogP contribution in [0.25, 0.3) is 11.4 Å². The minimum atomic E-state index is 0.143. The molecule has 3 aromatic rings. The predicted molar refractivity (Wildman–Crippen MR) is 102 cm³/mol. The number of nitrogens with zero attached hydrogens (tertiary/aromatic N) is 4. The van der Waals surface area contributed by atoms with Gasteiger partial charge in [0, 0.05) is 5.56 Å². The average molecular weight is 366 g/mol. The van der Waals surface area contributed by atoms with Crippen molar-refractivity contribution in [2.45, 2.75) is 24.3 Å². The second-order valence-corrected chi connectivity index (χ2v) is 7.18. The smallest absolute Gasteiger partial charge is 0.213 e. The van der Waals surface area contributed by atoms with Crippen LogP contribution in [0.4, 0.5) is 0 Å². The highest BCUT2D eigenvalue weighted by Crippen LogP contribution is 2.33. The Morgan fingerprint density at radius 2 is 1.73 bits per heavy atom. The van der Waals surface area contributed by atoms with Crippen LogP contribution in [0, 0.1) is 0 Å². The molecular weight excluding hydrogens is 348 g/mol. The van der Waals surface area contributed by atoms with Crippen molar-refractivity contribution in [1.29, 1.82) is 0 Å². The first-order chi connectivity index (χ1) is 12.7. The number of aromatic hydroxyl groups is 1. The third kappa shape index (κ3) is 3.06. The lowest BCUT2D eigenvalue weighted by atomic mass is 10.1. The largest absolute Gasteiger partial charge is 0.508 e. The summed E-state index contributed by atoms with van der Waals surface area (Å²) in [5, 5.41) is 23.8. The quantitative estimate of drug-likeness (QED) is 0.760. The third-order valence-corrected chi connectivity index (χ3v) is 5.12. The van der Waals surface area contributed by atoms with E-state index in [-0.39, 0.29) is 11.0 Å². The summed E-state index contributed by atoms with van der Waals surface area (Å²) < 4.78 is 7.27. The summed E-state index contributed by atoms with van der Waals surface area (Å²) >= 11 is 1.62. The SMILES string of the molecule is CCOc1ccc(-c2nnc3n2N=C(c2ccc(O)cc2)[C@@H](C)S3)cc1. The zero-order valence-corrected chi connectivity index (χ0v) is 15.3. The van der Waals surface area contributed by atoms with Crippen molar-refractivity contribution >= 4 is 17.5 Å². The molecular formula is C19H18N4O2S. The molecule has 0 saturated heterocycles. The first-order valence-electron chi connectivity index (χ1n) is 8.39. The lowest BCUT2D eigenvalue weighted by Gasteiger charge is -2.20. The lowest BCUT2D eigenvalue weighted by molar-refractivity contribution is 0.340. The molecule has 1 N–H and O–H groups in total. The Bertz CT molecular complexity index is 949. The molecule has 0 fully saturated rings. The number of phenolic OH excluding ortho intramolecular Hbond substituents is 1. The molecule has 132 valence electrons. The number of rotatable bonds is 4. The number of benzene rings is 2. The molecule has 4 rings (SSSR count). The average Bonchev–Trinajstić information content (AvgIpc) is 3.05. The van der Waals surface area contributed by atoms with Crippen molar-refractivity contribution in [3.05, 3.63) is 54.1 Å². The summed E-state index contributed by atoms with van der Waals surface area (Å²) in [6.45, 7) is 4.68. The fourth-order valence-corrected chi connectivity index (χ4v) is 3.73. The van der Waals surface area contributed by atoms with Crippen molar-refractivity contribution in [2.75, 3.05) is 6.61 Å². The number of aromatic nitrogens is 3. The molecule has 26 heavy (non-hydrogen) atoms. The van der Waals surface area contributed by atoms with E-state index in [0.717, 1.165) is 27.7 Å². The van der Waals surface area contributed by atoms with Crippen LogP contribution in [0.3, 0.4) is 0 Å². The highest BCUT2D eigenvalue weighted by Gasteiger charge is 2.26. The Morgan fingerprint density at radius 3 is 2.42 bits per heavy atom. The van der Waals surface area contributed by atoms with Crippen LogP contribution < -0.4 is 4.74 Å². The highest BCUT2D eigenvalue weighted by molar-refractivity contribution is 8.00. The first kappa shape index (κ1) is 16.7. The van der Waals surface area contributed by atoms with Crippen LogP contribution >= 0.6 is 11.8 Å². The van der Waals surface area contributed by atoms with Crippen molar-refractivity contribution in [3.63, 3.8) is 0 Å². The summed E-state index contributed by atoms with van der Waals surface area (Å²) in [5.41, 5.74) is 2.82. The van der Waals surface area contributed by atoms with Gasteiger partial charge in [0.25, 0.3) is 0 Å². The van der Waals surface area contributed by atoms with Crippen molar-refractivity contribution in [3.8, 4) is 22.9 Å². The number of hydrogen-bond acceptors (Lipinski definition) is 6. The van der Waals surface area contributed by atoms with Gasteiger partial charge in [0.05, 0.1) is 17.6 Å². The van der Waals surface area contributed by atoms with Crippen molar-refractivity contribution in [2.24, 2.45) is 5.10 Å². The van der Waals surface area contributed by atoms with Crippen molar-refractivity contribution in [1.82, 2.24) is 14.9 Å². The van der Waals surface area contributed by atoms with Gasteiger partial charge in [-0.2, -0.15) is 9.78 Å². The Morgan fingerprint density at radius 1 is 1.04 bits per heavy atom. The van der Waals surface area contributed by atoms with Crippen LogP contribution in [-0.2, 0) is 0 Å². The van der Waals surface area contributed by atoms with Crippen LogP contribution in [0.5, 0.6) is 11.5 Å². The van der Waals surface area contributed by atoms with E-state index >= 15 is 0 Å². The van der Waals surface area contributed by atoms with Gasteiger partial charge in [-0.15, -0.1) is 10.2 Å². The molecule has 1 aromatic heterocycles. The minimum Gasteiger partial charge on any atom is -0.508 e. The number of ether oxygens (including phenoxy) is 1. The van der Waals surface area contributed by atoms with Crippen LogP contribution in [0.15, 0.2) is 58.8 Å². The van der Waals surface area contributed by atoms with E-state index in [4.69, 9.17) is 9.84 Å².